The third kappa shape index (κ3) is 7.68. The molecular weight excluding hydrogens is 415 g/mol. The lowest BCUT2D eigenvalue weighted by atomic mass is 10.1. The fraction of sp³-hybridized carbons (Fsp3) is 0.375. The maximum Gasteiger partial charge on any atom is 0.112 e. The van der Waals surface area contributed by atoms with Crippen LogP contribution in [0, 0.1) is 0 Å². The van der Waals surface area contributed by atoms with Gasteiger partial charge in [-0.05, 0) is 75.9 Å². The largest absolute Gasteiger partial charge is 0.112 e. The van der Waals surface area contributed by atoms with Crippen LogP contribution in [0.15, 0.2) is 103 Å². The molecule has 0 aromatic heterocycles. The molecule has 0 aliphatic heterocycles. The molecule has 3 rings (SSSR count). The summed E-state index contributed by atoms with van der Waals surface area (Å²) in [6.07, 6.45) is 15.8. The first-order valence-electron chi connectivity index (χ1n) is 12.9. The highest BCUT2D eigenvalue weighted by Crippen LogP contribution is 2.55. The van der Waals surface area contributed by atoms with Crippen molar-refractivity contribution >= 4 is 23.2 Å². The zero-order valence-corrected chi connectivity index (χ0v) is 21.7. The molecule has 174 valence electrons. The summed E-state index contributed by atoms with van der Waals surface area (Å²) in [4.78, 5) is 0. The Labute approximate surface area is 203 Å². The van der Waals surface area contributed by atoms with Gasteiger partial charge in [-0.15, -0.1) is 0 Å². The highest BCUT2D eigenvalue weighted by molar-refractivity contribution is 7.95. The van der Waals surface area contributed by atoms with Crippen LogP contribution in [0.1, 0.15) is 71.6 Å². The Bertz CT molecular complexity index is 827. The molecule has 0 unspecified atom stereocenters. The number of hydrogen-bond acceptors (Lipinski definition) is 0. The zero-order chi connectivity index (χ0) is 23.2. The molecule has 0 fully saturated rings. The van der Waals surface area contributed by atoms with Gasteiger partial charge in [0.05, 0.1) is 6.16 Å². The van der Waals surface area contributed by atoms with Crippen LogP contribution in [0.5, 0.6) is 0 Å². The molecule has 0 heterocycles. The molecule has 0 aliphatic rings. The minimum Gasteiger partial charge on any atom is -0.0859 e. The standard InChI is InChI=1S/C32H42P/c1-29(2)21-13-8-6-4-3-5-7-9-20-28-33(30-22-14-10-15-23-30,31-24-16-11-17-25-31)32-26-18-12-19-27-32/h10-12,14-19,21-27H,3-9,13,20,28H2,1-2H3/q+1. The first-order chi connectivity index (χ1) is 16.2. The number of unbranched alkanes of at least 4 members (excludes halogenated alkanes) is 8. The van der Waals surface area contributed by atoms with Crippen LogP contribution in [0.2, 0.25) is 0 Å². The molecule has 3 aromatic carbocycles. The van der Waals surface area contributed by atoms with Gasteiger partial charge in [-0.25, -0.2) is 0 Å². The van der Waals surface area contributed by atoms with Crippen molar-refractivity contribution in [2.75, 3.05) is 6.16 Å². The van der Waals surface area contributed by atoms with Gasteiger partial charge in [0.25, 0.3) is 0 Å². The molecule has 0 atom stereocenters. The SMILES string of the molecule is CC(C)=CCCCCCCCCCC[P+](c1ccccc1)(c1ccccc1)c1ccccc1. The molecule has 3 aromatic rings. The summed E-state index contributed by atoms with van der Waals surface area (Å²) >= 11 is 0. The third-order valence-corrected chi connectivity index (χ3v) is 11.1. The molecule has 1 heteroatoms. The summed E-state index contributed by atoms with van der Waals surface area (Å²) < 4.78 is 0. The van der Waals surface area contributed by atoms with Crippen molar-refractivity contribution in [3.63, 3.8) is 0 Å². The van der Waals surface area contributed by atoms with Crippen molar-refractivity contribution in [1.82, 2.24) is 0 Å². The maximum atomic E-state index is 2.38. The quantitative estimate of drug-likeness (QED) is 0.129. The van der Waals surface area contributed by atoms with Gasteiger partial charge in [0.15, 0.2) is 0 Å². The molecule has 0 saturated heterocycles. The van der Waals surface area contributed by atoms with E-state index in [9.17, 15) is 0 Å². The smallest absolute Gasteiger partial charge is 0.0859 e. The summed E-state index contributed by atoms with van der Waals surface area (Å²) in [6, 6.07) is 33.9. The molecule has 0 spiro atoms. The van der Waals surface area contributed by atoms with Gasteiger partial charge in [-0.2, -0.15) is 0 Å². The lowest BCUT2D eigenvalue weighted by Crippen LogP contribution is -2.33. The van der Waals surface area contributed by atoms with Crippen LogP contribution in [0.4, 0.5) is 0 Å². The first-order valence-corrected chi connectivity index (χ1v) is 14.9. The minimum absolute atomic E-state index is 1.26. The van der Waals surface area contributed by atoms with Crippen LogP contribution >= 0.6 is 7.26 Å². The molecule has 0 N–H and O–H groups in total. The van der Waals surface area contributed by atoms with Crippen molar-refractivity contribution in [3.8, 4) is 0 Å². The van der Waals surface area contributed by atoms with Crippen molar-refractivity contribution in [2.45, 2.75) is 71.6 Å². The lowest BCUT2D eigenvalue weighted by Gasteiger charge is -2.27. The van der Waals surface area contributed by atoms with E-state index in [1.54, 1.807) is 0 Å². The van der Waals surface area contributed by atoms with Crippen molar-refractivity contribution in [2.24, 2.45) is 0 Å². The van der Waals surface area contributed by atoms with Crippen molar-refractivity contribution in [3.05, 3.63) is 103 Å². The molecule has 0 nitrogen and oxygen atoms in total. The molecule has 0 saturated carbocycles. The maximum absolute atomic E-state index is 2.38. The summed E-state index contributed by atoms with van der Waals surface area (Å²) in [7, 11) is -1.64. The van der Waals surface area contributed by atoms with Gasteiger partial charge in [0, 0.05) is 0 Å². The molecule has 33 heavy (non-hydrogen) atoms. The predicted octanol–water partition coefficient (Wildman–Crippen LogP) is 8.46. The number of hydrogen-bond donors (Lipinski definition) is 0. The molecule has 0 bridgehead atoms. The Morgan fingerprint density at radius 3 is 1.27 bits per heavy atom. The van der Waals surface area contributed by atoms with Gasteiger partial charge in [-0.3, -0.25) is 0 Å². The fourth-order valence-corrected chi connectivity index (χ4v) is 9.24. The summed E-state index contributed by atoms with van der Waals surface area (Å²) in [5.74, 6) is 0. The van der Waals surface area contributed by atoms with E-state index in [4.69, 9.17) is 0 Å². The average molecular weight is 458 g/mol. The molecule has 0 radical (unpaired) electrons. The van der Waals surface area contributed by atoms with Crippen LogP contribution in [0.25, 0.3) is 0 Å². The van der Waals surface area contributed by atoms with Crippen LogP contribution in [-0.4, -0.2) is 6.16 Å². The van der Waals surface area contributed by atoms with Gasteiger partial charge in [0.1, 0.15) is 23.2 Å². The molecular formula is C32H42P+. The zero-order valence-electron chi connectivity index (χ0n) is 20.8. The molecule has 0 aliphatic carbocycles. The minimum atomic E-state index is -1.64. The monoisotopic (exact) mass is 457 g/mol. The number of rotatable bonds is 14. The Balaban J connectivity index is 1.61. The predicted molar refractivity (Wildman–Crippen MR) is 151 cm³/mol. The Hall–Kier alpha value is -2.17. The van der Waals surface area contributed by atoms with E-state index >= 15 is 0 Å². The van der Waals surface area contributed by atoms with Gasteiger partial charge >= 0.3 is 0 Å². The second-order valence-corrected chi connectivity index (χ2v) is 13.1. The van der Waals surface area contributed by atoms with Gasteiger partial charge in [-0.1, -0.05) is 98.4 Å². The number of benzene rings is 3. The molecule has 0 amide bonds. The van der Waals surface area contributed by atoms with E-state index in [1.165, 1.54) is 85.4 Å². The normalized spacial score (nSPS) is 11.3. The van der Waals surface area contributed by atoms with Crippen LogP contribution < -0.4 is 15.9 Å². The van der Waals surface area contributed by atoms with E-state index in [2.05, 4.69) is 111 Å². The summed E-state index contributed by atoms with van der Waals surface area (Å²) in [5.41, 5.74) is 1.45. The van der Waals surface area contributed by atoms with Crippen molar-refractivity contribution in [1.29, 1.82) is 0 Å². The van der Waals surface area contributed by atoms with E-state index in [0.717, 1.165) is 0 Å². The highest BCUT2D eigenvalue weighted by atomic mass is 31.2. The lowest BCUT2D eigenvalue weighted by molar-refractivity contribution is 0.578. The van der Waals surface area contributed by atoms with E-state index < -0.39 is 7.26 Å². The topological polar surface area (TPSA) is 0 Å². The van der Waals surface area contributed by atoms with Gasteiger partial charge < -0.3 is 0 Å². The van der Waals surface area contributed by atoms with E-state index in [1.807, 2.05) is 0 Å². The average Bonchev–Trinajstić information content (AvgIpc) is 2.86. The van der Waals surface area contributed by atoms with Crippen molar-refractivity contribution < 1.29 is 0 Å². The summed E-state index contributed by atoms with van der Waals surface area (Å²) in [6.45, 7) is 4.40. The second-order valence-electron chi connectivity index (χ2n) is 9.44. The Kier molecular flexibility index (Phi) is 10.9. The van der Waals surface area contributed by atoms with E-state index in [-0.39, 0.29) is 0 Å². The van der Waals surface area contributed by atoms with Gasteiger partial charge in [0.2, 0.25) is 0 Å². The van der Waals surface area contributed by atoms with Crippen LogP contribution in [0.3, 0.4) is 0 Å². The second kappa shape index (κ2) is 14.2. The number of allylic oxidation sites excluding steroid dienone is 2. The van der Waals surface area contributed by atoms with E-state index in [0.29, 0.717) is 0 Å². The van der Waals surface area contributed by atoms with Crippen LogP contribution in [-0.2, 0) is 0 Å². The Morgan fingerprint density at radius 1 is 0.515 bits per heavy atom. The summed E-state index contributed by atoms with van der Waals surface area (Å²) in [5, 5.41) is 4.54. The fourth-order valence-electron chi connectivity index (χ4n) is 4.83. The Morgan fingerprint density at radius 2 is 0.879 bits per heavy atom. The first kappa shape index (κ1) is 25.5. The highest BCUT2D eigenvalue weighted by Gasteiger charge is 2.44. The third-order valence-electron chi connectivity index (χ3n) is 6.59.